The van der Waals surface area contributed by atoms with Gasteiger partial charge in [0.15, 0.2) is 30.4 Å². The molecule has 2 aromatic rings. The summed E-state index contributed by atoms with van der Waals surface area (Å²) in [5.74, 6) is -8.41. The zero-order valence-electron chi connectivity index (χ0n) is 46.6. The van der Waals surface area contributed by atoms with E-state index in [1.165, 1.54) is 28.1 Å². The average molecular weight is 1090 g/mol. The molecule has 20 nitrogen and oxygen atoms in total. The van der Waals surface area contributed by atoms with Gasteiger partial charge in [-0.1, -0.05) is 64.1 Å². The van der Waals surface area contributed by atoms with E-state index in [0.717, 1.165) is 13.2 Å². The number of aliphatic hydroxyl groups is 1. The van der Waals surface area contributed by atoms with Crippen molar-refractivity contribution in [3.05, 3.63) is 71.8 Å². The van der Waals surface area contributed by atoms with Crippen LogP contribution in [0.1, 0.15) is 116 Å². The maximum Gasteiger partial charge on any atom is 0.338 e. The average Bonchev–Trinajstić information content (AvgIpc) is 3.37. The molecular formula is C55H81NO19S. The molecule has 426 valence electrons. The minimum atomic E-state index is -4.48. The van der Waals surface area contributed by atoms with Crippen LogP contribution in [0.2, 0.25) is 0 Å². The standard InChI is InChI=1S/C55H81NO19S/c1-16-41-55(62,30-67-37(8)57)47(75-76(15,63)64)33(4)43(58)31(2)28-53(9,65-13)46(74-52-45(40(56(11)12)27-32(3)68-52)72-50(60)38-23-19-17-20-24-38)34(5)44(35(6)49(59)70-41)71-42-29-54(10,66-14)48(36(7)69-42)73-51(61)39-25-21-18-22-26-39/h17-26,31-36,40-42,44-48,52,62H,16,27-30H2,1-15H3/t31-,32-,33+,34+,35-,36+,40+,41-,42?,44+,45-,46-,47-,48+,52?,53-,54-,55-/m1/s1. The predicted molar refractivity (Wildman–Crippen MR) is 275 cm³/mol. The maximum absolute atomic E-state index is 15.1. The normalized spacial score (nSPS) is 37.1. The molecule has 18 atom stereocenters. The molecule has 3 saturated heterocycles. The second-order valence-corrected chi connectivity index (χ2v) is 23.0. The topological polar surface area (TPSA) is 244 Å². The van der Waals surface area contributed by atoms with Crippen molar-refractivity contribution in [2.45, 2.75) is 179 Å². The molecule has 0 spiro atoms. The summed E-state index contributed by atoms with van der Waals surface area (Å²) in [5, 5.41) is 12.8. The molecule has 2 unspecified atom stereocenters. The number of methoxy groups -OCH3 is 2. The van der Waals surface area contributed by atoms with Crippen LogP contribution < -0.4 is 0 Å². The number of ketones is 1. The molecule has 1 N–H and O–H groups in total. The van der Waals surface area contributed by atoms with Crippen molar-refractivity contribution in [1.82, 2.24) is 4.90 Å². The molecule has 0 saturated carbocycles. The van der Waals surface area contributed by atoms with Gasteiger partial charge in [0.25, 0.3) is 10.1 Å². The SMILES string of the molecule is CC[C@H]1OC(=O)[C@H](C)[C@@H](OC2C[C@@](C)(OC)[C@@H](OC(=O)c3ccccc3)[C@H](C)O2)[C@H](C)[C@@H](OC2O[C@H](C)C[C@H](N(C)C)[C@H]2OC(=O)c2ccccc2)[C@](C)(OC)C[C@@H](C)C(=O)[C@H](C)[C@@H](OS(C)(=O)=O)[C@@]1(O)COC(C)=O. The lowest BCUT2D eigenvalue weighted by Gasteiger charge is -2.50. The van der Waals surface area contributed by atoms with Crippen molar-refractivity contribution >= 4 is 39.8 Å². The van der Waals surface area contributed by atoms with Crippen LogP contribution in [0.3, 0.4) is 0 Å². The van der Waals surface area contributed by atoms with Crippen molar-refractivity contribution in [3.63, 3.8) is 0 Å². The highest BCUT2D eigenvalue weighted by atomic mass is 32.2. The number of carbonyl (C=O) groups is 5. The Morgan fingerprint density at radius 2 is 1.32 bits per heavy atom. The monoisotopic (exact) mass is 1090 g/mol. The van der Waals surface area contributed by atoms with Gasteiger partial charge in [-0.2, -0.15) is 8.42 Å². The zero-order chi connectivity index (χ0) is 56.7. The van der Waals surface area contributed by atoms with Crippen LogP contribution in [0.4, 0.5) is 0 Å². The Bertz CT molecular complexity index is 2390. The molecule has 0 radical (unpaired) electrons. The summed E-state index contributed by atoms with van der Waals surface area (Å²) in [6, 6.07) is 16.5. The van der Waals surface area contributed by atoms with Gasteiger partial charge in [0.05, 0.1) is 59.4 Å². The van der Waals surface area contributed by atoms with E-state index in [-0.39, 0.29) is 24.8 Å². The fourth-order valence-corrected chi connectivity index (χ4v) is 11.7. The van der Waals surface area contributed by atoms with Crippen molar-refractivity contribution in [3.8, 4) is 0 Å². The van der Waals surface area contributed by atoms with Crippen molar-refractivity contribution in [1.29, 1.82) is 0 Å². The molecule has 3 aliphatic rings. The van der Waals surface area contributed by atoms with E-state index < -0.39 is 154 Å². The molecule has 0 aromatic heterocycles. The summed E-state index contributed by atoms with van der Waals surface area (Å²) in [4.78, 5) is 71.7. The minimum Gasteiger partial charge on any atom is -0.463 e. The number of hydrogen-bond donors (Lipinski definition) is 1. The summed E-state index contributed by atoms with van der Waals surface area (Å²) < 4.78 is 95.6. The number of esters is 4. The van der Waals surface area contributed by atoms with Gasteiger partial charge < -0.3 is 57.4 Å². The number of cyclic esters (lactones) is 1. The van der Waals surface area contributed by atoms with E-state index >= 15 is 4.79 Å². The molecule has 5 rings (SSSR count). The zero-order valence-corrected chi connectivity index (χ0v) is 47.4. The number of hydrogen-bond acceptors (Lipinski definition) is 20. The highest BCUT2D eigenvalue weighted by Gasteiger charge is 2.57. The number of benzene rings is 2. The highest BCUT2D eigenvalue weighted by molar-refractivity contribution is 7.86. The summed E-state index contributed by atoms with van der Waals surface area (Å²) in [6.07, 6.45) is -11.1. The largest absolute Gasteiger partial charge is 0.463 e. The number of Topliss-reactive ketones (excluding diaryl/α,β-unsaturated/α-hetero) is 1. The molecule has 3 heterocycles. The number of nitrogens with zero attached hydrogens (tertiary/aromatic N) is 1. The number of carbonyl (C=O) groups excluding carboxylic acids is 5. The van der Waals surface area contributed by atoms with E-state index in [9.17, 15) is 32.7 Å². The van der Waals surface area contributed by atoms with Gasteiger partial charge in [0.1, 0.15) is 30.2 Å². The summed E-state index contributed by atoms with van der Waals surface area (Å²) in [6.45, 7) is 15.0. The third-order valence-corrected chi connectivity index (χ3v) is 15.8. The van der Waals surface area contributed by atoms with Crippen LogP contribution in [-0.2, 0) is 76.1 Å². The number of ether oxygens (including phenoxy) is 10. The molecule has 3 fully saturated rings. The molecule has 76 heavy (non-hydrogen) atoms. The Morgan fingerprint density at radius 1 is 0.763 bits per heavy atom. The van der Waals surface area contributed by atoms with Crippen LogP contribution in [0.25, 0.3) is 0 Å². The first-order chi connectivity index (χ1) is 35.5. The van der Waals surface area contributed by atoms with Gasteiger partial charge in [-0.3, -0.25) is 18.6 Å². The van der Waals surface area contributed by atoms with E-state index in [0.29, 0.717) is 12.0 Å². The van der Waals surface area contributed by atoms with Crippen LogP contribution in [0, 0.1) is 23.7 Å². The van der Waals surface area contributed by atoms with Crippen LogP contribution in [0.15, 0.2) is 60.7 Å². The maximum atomic E-state index is 15.1. The molecule has 0 bridgehead atoms. The molecular weight excluding hydrogens is 1010 g/mol. The van der Waals surface area contributed by atoms with E-state index in [1.54, 1.807) is 102 Å². The lowest BCUT2D eigenvalue weighted by Crippen LogP contribution is -2.63. The Labute approximate surface area is 448 Å². The molecule has 0 aliphatic carbocycles. The smallest absolute Gasteiger partial charge is 0.338 e. The minimum absolute atomic E-state index is 0.0441. The lowest BCUT2D eigenvalue weighted by molar-refractivity contribution is -0.318. The summed E-state index contributed by atoms with van der Waals surface area (Å²) in [7, 11) is 2.11. The molecule has 0 amide bonds. The second kappa shape index (κ2) is 26.0. The van der Waals surface area contributed by atoms with Crippen LogP contribution in [-0.4, -0.2) is 174 Å². The number of likely N-dealkylation sites (N-methyl/N-ethyl adjacent to an activating group) is 1. The van der Waals surface area contributed by atoms with Gasteiger partial charge >= 0.3 is 23.9 Å². The second-order valence-electron chi connectivity index (χ2n) is 21.4. The first-order valence-corrected chi connectivity index (χ1v) is 27.7. The third kappa shape index (κ3) is 14.8. The van der Waals surface area contributed by atoms with Gasteiger partial charge in [-0.15, -0.1) is 0 Å². The molecule has 2 aromatic carbocycles. The quantitative estimate of drug-likeness (QED) is 0.120. The van der Waals surface area contributed by atoms with Gasteiger partial charge in [-0.05, 0) is 92.2 Å². The fraction of sp³-hybridized carbons (Fsp3) is 0.691. The Kier molecular flexibility index (Phi) is 21.4. The van der Waals surface area contributed by atoms with Crippen LogP contribution in [0.5, 0.6) is 0 Å². The number of rotatable bonds is 16. The van der Waals surface area contributed by atoms with E-state index in [1.807, 2.05) is 25.9 Å². The van der Waals surface area contributed by atoms with Crippen molar-refractivity contribution in [2.24, 2.45) is 23.7 Å². The first kappa shape index (κ1) is 62.4. The third-order valence-electron chi connectivity index (χ3n) is 15.3. The van der Waals surface area contributed by atoms with E-state index in [2.05, 4.69) is 0 Å². The van der Waals surface area contributed by atoms with Gasteiger partial charge in [-0.25, -0.2) is 9.59 Å². The fourth-order valence-electron chi connectivity index (χ4n) is 11.0. The molecule has 3 aliphatic heterocycles. The first-order valence-electron chi connectivity index (χ1n) is 25.9. The van der Waals surface area contributed by atoms with Gasteiger partial charge in [0.2, 0.25) is 0 Å². The summed E-state index contributed by atoms with van der Waals surface area (Å²) in [5.41, 5.74) is -4.80. The Balaban J connectivity index is 1.70. The lowest BCUT2D eigenvalue weighted by atomic mass is 9.73. The Hall–Kier alpha value is -4.42. The van der Waals surface area contributed by atoms with Crippen molar-refractivity contribution in [2.75, 3.05) is 41.2 Å². The predicted octanol–water partition coefficient (Wildman–Crippen LogP) is 5.70. The Morgan fingerprint density at radius 3 is 1.83 bits per heavy atom. The van der Waals surface area contributed by atoms with Crippen LogP contribution >= 0.6 is 0 Å². The molecule has 21 heteroatoms. The van der Waals surface area contributed by atoms with Gasteiger partial charge in [0, 0.05) is 45.3 Å². The van der Waals surface area contributed by atoms with Crippen molar-refractivity contribution < 1.29 is 89.0 Å². The highest BCUT2D eigenvalue weighted by Crippen LogP contribution is 2.43. The van der Waals surface area contributed by atoms with E-state index in [4.69, 9.17) is 51.6 Å². The summed E-state index contributed by atoms with van der Waals surface area (Å²) >= 11 is 0.